The lowest BCUT2D eigenvalue weighted by Gasteiger charge is -2.35. The number of anilines is 1. The van der Waals surface area contributed by atoms with Crippen molar-refractivity contribution in [1.29, 1.82) is 0 Å². The maximum Gasteiger partial charge on any atom is 0.228 e. The molecule has 7 nitrogen and oxygen atoms in total. The van der Waals surface area contributed by atoms with Crippen LogP contribution in [-0.2, 0) is 9.59 Å². The number of piperazine rings is 1. The van der Waals surface area contributed by atoms with Crippen LogP contribution in [0.2, 0.25) is 0 Å². The number of carbonyl (C=O) groups is 2. The fourth-order valence-electron chi connectivity index (χ4n) is 3.68. The summed E-state index contributed by atoms with van der Waals surface area (Å²) in [6.45, 7) is 3.18. The van der Waals surface area contributed by atoms with E-state index in [2.05, 4.69) is 9.88 Å². The highest BCUT2D eigenvalue weighted by Crippen LogP contribution is 2.22. The molecule has 2 aromatic rings. The van der Waals surface area contributed by atoms with Gasteiger partial charge in [0, 0.05) is 58.0 Å². The van der Waals surface area contributed by atoms with E-state index in [1.165, 1.54) is 0 Å². The van der Waals surface area contributed by atoms with Gasteiger partial charge in [0.15, 0.2) is 0 Å². The van der Waals surface area contributed by atoms with Crippen molar-refractivity contribution in [2.24, 2.45) is 5.92 Å². The molecule has 3 heterocycles. The van der Waals surface area contributed by atoms with Crippen LogP contribution in [0.25, 0.3) is 11.3 Å². The minimum absolute atomic E-state index is 0.0538. The van der Waals surface area contributed by atoms with E-state index in [0.29, 0.717) is 45.1 Å². The summed E-state index contributed by atoms with van der Waals surface area (Å²) in [6, 6.07) is 11.9. The molecule has 0 bridgehead atoms. The Morgan fingerprint density at radius 2 is 1.81 bits per heavy atom. The summed E-state index contributed by atoms with van der Waals surface area (Å²) < 4.78 is 0. The normalized spacial score (nSPS) is 20.3. The Kier molecular flexibility index (Phi) is 4.75. The fourth-order valence-corrected chi connectivity index (χ4v) is 3.68. The Labute approximate surface area is 158 Å². The summed E-state index contributed by atoms with van der Waals surface area (Å²) in [5.41, 5.74) is 1.96. The highest BCUT2D eigenvalue weighted by molar-refractivity contribution is 5.89. The van der Waals surface area contributed by atoms with Crippen LogP contribution in [0.5, 0.6) is 0 Å². The molecule has 0 N–H and O–H groups in total. The molecule has 7 heteroatoms. The standard InChI is InChI=1S/C20H23N5O2/c1-23-14-16(13-18(23)26)19(27)24-9-11-25(12-10-24)20-21-8-7-17(22-20)15-5-3-2-4-6-15/h2-8,16H,9-14H2,1H3/t16-/m1/s1. The minimum Gasteiger partial charge on any atom is -0.345 e. The van der Waals surface area contributed by atoms with E-state index in [1.54, 1.807) is 18.1 Å². The maximum atomic E-state index is 12.7. The van der Waals surface area contributed by atoms with E-state index >= 15 is 0 Å². The first-order valence-electron chi connectivity index (χ1n) is 9.28. The molecule has 0 spiro atoms. The van der Waals surface area contributed by atoms with Crippen LogP contribution in [-0.4, -0.2) is 71.4 Å². The number of nitrogens with zero attached hydrogens (tertiary/aromatic N) is 5. The highest BCUT2D eigenvalue weighted by Gasteiger charge is 2.35. The highest BCUT2D eigenvalue weighted by atomic mass is 16.2. The number of carbonyl (C=O) groups excluding carboxylic acids is 2. The largest absolute Gasteiger partial charge is 0.345 e. The van der Waals surface area contributed by atoms with Crippen LogP contribution in [0.3, 0.4) is 0 Å². The third kappa shape index (κ3) is 3.63. The number of amides is 2. The van der Waals surface area contributed by atoms with E-state index in [9.17, 15) is 9.59 Å². The Bertz CT molecular complexity index is 833. The zero-order chi connectivity index (χ0) is 18.8. The van der Waals surface area contributed by atoms with E-state index in [1.807, 2.05) is 41.3 Å². The van der Waals surface area contributed by atoms with Gasteiger partial charge in [-0.15, -0.1) is 0 Å². The molecule has 2 saturated heterocycles. The van der Waals surface area contributed by atoms with Crippen LogP contribution >= 0.6 is 0 Å². The third-order valence-corrected chi connectivity index (χ3v) is 5.28. The van der Waals surface area contributed by atoms with Gasteiger partial charge in [-0.25, -0.2) is 9.97 Å². The molecule has 0 unspecified atom stereocenters. The van der Waals surface area contributed by atoms with Crippen molar-refractivity contribution in [3.8, 4) is 11.3 Å². The topological polar surface area (TPSA) is 69.6 Å². The number of hydrogen-bond acceptors (Lipinski definition) is 5. The van der Waals surface area contributed by atoms with Crippen molar-refractivity contribution in [2.75, 3.05) is 44.7 Å². The van der Waals surface area contributed by atoms with Crippen molar-refractivity contribution in [3.05, 3.63) is 42.6 Å². The summed E-state index contributed by atoms with van der Waals surface area (Å²) in [5, 5.41) is 0. The summed E-state index contributed by atoms with van der Waals surface area (Å²) in [4.78, 5) is 39.1. The maximum absolute atomic E-state index is 12.7. The van der Waals surface area contributed by atoms with Gasteiger partial charge >= 0.3 is 0 Å². The Balaban J connectivity index is 1.40. The second-order valence-corrected chi connectivity index (χ2v) is 7.10. The van der Waals surface area contributed by atoms with E-state index < -0.39 is 0 Å². The Hall–Kier alpha value is -2.96. The summed E-state index contributed by atoms with van der Waals surface area (Å²) in [7, 11) is 1.75. The SMILES string of the molecule is CN1C[C@H](C(=O)N2CCN(c3nccc(-c4ccccc4)n3)CC2)CC1=O. The second-order valence-electron chi connectivity index (χ2n) is 7.10. The summed E-state index contributed by atoms with van der Waals surface area (Å²) >= 11 is 0. The molecule has 140 valence electrons. The molecule has 2 aliphatic rings. The molecule has 1 atom stereocenters. The van der Waals surface area contributed by atoms with E-state index in [0.717, 1.165) is 11.3 Å². The van der Waals surface area contributed by atoms with Gasteiger partial charge in [-0.2, -0.15) is 0 Å². The molecule has 0 aliphatic carbocycles. The van der Waals surface area contributed by atoms with Crippen LogP contribution in [0.4, 0.5) is 5.95 Å². The number of rotatable bonds is 3. The minimum atomic E-state index is -0.202. The van der Waals surface area contributed by atoms with Gasteiger partial charge < -0.3 is 14.7 Å². The fraction of sp³-hybridized carbons (Fsp3) is 0.400. The van der Waals surface area contributed by atoms with Crippen molar-refractivity contribution in [1.82, 2.24) is 19.8 Å². The predicted molar refractivity (Wildman–Crippen MR) is 102 cm³/mol. The molecule has 1 aromatic carbocycles. The molecule has 4 rings (SSSR count). The molecule has 2 amide bonds. The second kappa shape index (κ2) is 7.34. The van der Waals surface area contributed by atoms with Crippen LogP contribution in [0, 0.1) is 5.92 Å². The first kappa shape index (κ1) is 17.5. The van der Waals surface area contributed by atoms with Crippen LogP contribution in [0.15, 0.2) is 42.6 Å². The van der Waals surface area contributed by atoms with Gasteiger partial charge in [0.05, 0.1) is 11.6 Å². The Morgan fingerprint density at radius 1 is 1.07 bits per heavy atom. The lowest BCUT2D eigenvalue weighted by atomic mass is 10.1. The van der Waals surface area contributed by atoms with Gasteiger partial charge in [-0.3, -0.25) is 9.59 Å². The smallest absolute Gasteiger partial charge is 0.228 e. The predicted octanol–water partition coefficient (Wildman–Crippen LogP) is 1.27. The average Bonchev–Trinajstić information content (AvgIpc) is 3.07. The third-order valence-electron chi connectivity index (χ3n) is 5.28. The zero-order valence-electron chi connectivity index (χ0n) is 15.4. The Morgan fingerprint density at radius 3 is 2.48 bits per heavy atom. The van der Waals surface area contributed by atoms with Crippen LogP contribution in [0.1, 0.15) is 6.42 Å². The molecule has 2 aliphatic heterocycles. The molecule has 0 radical (unpaired) electrons. The average molecular weight is 365 g/mol. The lowest BCUT2D eigenvalue weighted by Crippen LogP contribution is -2.51. The first-order chi connectivity index (χ1) is 13.1. The lowest BCUT2D eigenvalue weighted by molar-refractivity contribution is -0.136. The quantitative estimate of drug-likeness (QED) is 0.819. The zero-order valence-corrected chi connectivity index (χ0v) is 15.4. The van der Waals surface area contributed by atoms with E-state index in [4.69, 9.17) is 4.98 Å². The molecular weight excluding hydrogens is 342 g/mol. The van der Waals surface area contributed by atoms with Crippen molar-refractivity contribution in [3.63, 3.8) is 0 Å². The van der Waals surface area contributed by atoms with Gasteiger partial charge in [0.1, 0.15) is 0 Å². The van der Waals surface area contributed by atoms with Gasteiger partial charge in [0.2, 0.25) is 17.8 Å². The van der Waals surface area contributed by atoms with Gasteiger partial charge in [-0.05, 0) is 6.07 Å². The molecule has 0 saturated carbocycles. The molecule has 27 heavy (non-hydrogen) atoms. The number of benzene rings is 1. The van der Waals surface area contributed by atoms with Crippen molar-refractivity contribution in [2.45, 2.75) is 6.42 Å². The van der Waals surface area contributed by atoms with Gasteiger partial charge in [-0.1, -0.05) is 30.3 Å². The molecule has 1 aromatic heterocycles. The van der Waals surface area contributed by atoms with Gasteiger partial charge in [0.25, 0.3) is 0 Å². The van der Waals surface area contributed by atoms with Crippen molar-refractivity contribution >= 4 is 17.8 Å². The van der Waals surface area contributed by atoms with Crippen molar-refractivity contribution < 1.29 is 9.59 Å². The monoisotopic (exact) mass is 365 g/mol. The summed E-state index contributed by atoms with van der Waals surface area (Å²) in [5.74, 6) is 0.635. The number of likely N-dealkylation sites (tertiary alicyclic amines) is 1. The number of aromatic nitrogens is 2. The number of hydrogen-bond donors (Lipinski definition) is 0. The van der Waals surface area contributed by atoms with Crippen LogP contribution < -0.4 is 4.90 Å². The summed E-state index contributed by atoms with van der Waals surface area (Å²) in [6.07, 6.45) is 2.11. The molecule has 2 fully saturated rings. The van der Waals surface area contributed by atoms with E-state index in [-0.39, 0.29) is 17.7 Å². The first-order valence-corrected chi connectivity index (χ1v) is 9.28. The molecular formula is C20H23N5O2.